The Bertz CT molecular complexity index is 196. The van der Waals surface area contributed by atoms with Crippen LogP contribution in [0.25, 0.3) is 0 Å². The highest BCUT2D eigenvalue weighted by molar-refractivity contribution is 5.78. The van der Waals surface area contributed by atoms with Crippen molar-refractivity contribution < 1.29 is 9.90 Å². The van der Waals surface area contributed by atoms with Gasteiger partial charge in [-0.2, -0.15) is 0 Å². The van der Waals surface area contributed by atoms with Crippen LogP contribution in [0.3, 0.4) is 0 Å². The molecular formula is C13H28N2O2. The molecule has 17 heavy (non-hydrogen) atoms. The van der Waals surface area contributed by atoms with E-state index in [1.807, 2.05) is 6.92 Å². The topological polar surface area (TPSA) is 61.4 Å². The number of nitrogens with one attached hydrogen (secondary N) is 2. The Morgan fingerprint density at radius 1 is 1.12 bits per heavy atom. The molecule has 4 nitrogen and oxygen atoms in total. The van der Waals surface area contributed by atoms with Gasteiger partial charge >= 0.3 is 0 Å². The predicted molar refractivity (Wildman–Crippen MR) is 70.9 cm³/mol. The van der Waals surface area contributed by atoms with Crippen molar-refractivity contribution in [2.45, 2.75) is 52.5 Å². The molecule has 0 saturated heterocycles. The zero-order valence-electron chi connectivity index (χ0n) is 11.5. The number of hydrogen-bond acceptors (Lipinski definition) is 3. The molecule has 0 rings (SSSR count). The maximum atomic E-state index is 11.5. The average Bonchev–Trinajstić information content (AvgIpc) is 2.27. The maximum Gasteiger partial charge on any atom is 0.234 e. The van der Waals surface area contributed by atoms with Gasteiger partial charge in [-0.15, -0.1) is 0 Å². The molecule has 1 atom stereocenters. The SMILES string of the molecule is CC(C)C(C)NC(=O)CNCCCCCCO. The van der Waals surface area contributed by atoms with Crippen LogP contribution in [0.5, 0.6) is 0 Å². The highest BCUT2D eigenvalue weighted by atomic mass is 16.2. The maximum absolute atomic E-state index is 11.5. The van der Waals surface area contributed by atoms with Crippen LogP contribution >= 0.6 is 0 Å². The molecule has 0 aliphatic carbocycles. The summed E-state index contributed by atoms with van der Waals surface area (Å²) in [7, 11) is 0. The van der Waals surface area contributed by atoms with E-state index in [2.05, 4.69) is 24.5 Å². The van der Waals surface area contributed by atoms with Crippen LogP contribution in [-0.2, 0) is 4.79 Å². The number of aliphatic hydroxyl groups is 1. The summed E-state index contributed by atoms with van der Waals surface area (Å²) in [6.07, 6.45) is 4.12. The number of hydrogen-bond donors (Lipinski definition) is 3. The Kier molecular flexibility index (Phi) is 10.2. The molecule has 0 spiro atoms. The van der Waals surface area contributed by atoms with E-state index in [0.717, 1.165) is 32.2 Å². The summed E-state index contributed by atoms with van der Waals surface area (Å²) >= 11 is 0. The molecule has 3 N–H and O–H groups in total. The summed E-state index contributed by atoms with van der Waals surface area (Å²) in [5, 5.41) is 14.7. The van der Waals surface area contributed by atoms with Gasteiger partial charge in [0.25, 0.3) is 0 Å². The minimum atomic E-state index is 0.0709. The van der Waals surface area contributed by atoms with E-state index in [-0.39, 0.29) is 18.6 Å². The predicted octanol–water partition coefficient (Wildman–Crippen LogP) is 1.29. The van der Waals surface area contributed by atoms with Crippen LogP contribution in [0, 0.1) is 5.92 Å². The Labute approximate surface area is 105 Å². The Hall–Kier alpha value is -0.610. The van der Waals surface area contributed by atoms with Crippen molar-refractivity contribution in [2.75, 3.05) is 19.7 Å². The van der Waals surface area contributed by atoms with Crippen molar-refractivity contribution in [1.82, 2.24) is 10.6 Å². The van der Waals surface area contributed by atoms with Gasteiger partial charge in [0.1, 0.15) is 0 Å². The molecule has 0 heterocycles. The van der Waals surface area contributed by atoms with E-state index in [1.54, 1.807) is 0 Å². The molecule has 1 amide bonds. The van der Waals surface area contributed by atoms with E-state index in [4.69, 9.17) is 5.11 Å². The second-order valence-electron chi connectivity index (χ2n) is 4.91. The molecule has 1 unspecified atom stereocenters. The smallest absolute Gasteiger partial charge is 0.234 e. The molecular weight excluding hydrogens is 216 g/mol. The Balaban J connectivity index is 3.33. The van der Waals surface area contributed by atoms with Crippen LogP contribution in [0.2, 0.25) is 0 Å². The molecule has 0 aromatic heterocycles. The van der Waals surface area contributed by atoms with E-state index in [1.165, 1.54) is 0 Å². The fourth-order valence-corrected chi connectivity index (χ4v) is 1.39. The van der Waals surface area contributed by atoms with Gasteiger partial charge in [-0.05, 0) is 32.2 Å². The number of amides is 1. The second kappa shape index (κ2) is 10.5. The van der Waals surface area contributed by atoms with Crippen LogP contribution < -0.4 is 10.6 Å². The van der Waals surface area contributed by atoms with Crippen molar-refractivity contribution in [3.63, 3.8) is 0 Å². The zero-order chi connectivity index (χ0) is 13.1. The molecule has 0 radical (unpaired) electrons. The zero-order valence-corrected chi connectivity index (χ0v) is 11.5. The number of carbonyl (C=O) groups excluding carboxylic acids is 1. The third-order valence-corrected chi connectivity index (χ3v) is 2.94. The van der Waals surface area contributed by atoms with Crippen molar-refractivity contribution in [1.29, 1.82) is 0 Å². The van der Waals surface area contributed by atoms with E-state index in [9.17, 15) is 4.79 Å². The lowest BCUT2D eigenvalue weighted by atomic mass is 10.1. The fourth-order valence-electron chi connectivity index (χ4n) is 1.39. The lowest BCUT2D eigenvalue weighted by Gasteiger charge is -2.17. The lowest BCUT2D eigenvalue weighted by Crippen LogP contribution is -2.41. The van der Waals surface area contributed by atoms with Crippen LogP contribution in [-0.4, -0.2) is 36.8 Å². The van der Waals surface area contributed by atoms with Crippen molar-refractivity contribution in [3.05, 3.63) is 0 Å². The van der Waals surface area contributed by atoms with E-state index >= 15 is 0 Å². The first-order chi connectivity index (χ1) is 8.07. The first-order valence-electron chi connectivity index (χ1n) is 6.69. The third-order valence-electron chi connectivity index (χ3n) is 2.94. The third kappa shape index (κ3) is 10.3. The molecule has 0 fully saturated rings. The van der Waals surface area contributed by atoms with E-state index < -0.39 is 0 Å². The molecule has 4 heteroatoms. The summed E-state index contributed by atoms with van der Waals surface area (Å²) in [5.74, 6) is 0.541. The monoisotopic (exact) mass is 244 g/mol. The number of aliphatic hydroxyl groups excluding tert-OH is 1. The average molecular weight is 244 g/mol. The lowest BCUT2D eigenvalue weighted by molar-refractivity contribution is -0.121. The van der Waals surface area contributed by atoms with Crippen molar-refractivity contribution in [3.8, 4) is 0 Å². The highest BCUT2D eigenvalue weighted by Crippen LogP contribution is 1.99. The number of carbonyl (C=O) groups is 1. The summed E-state index contributed by atoms with van der Waals surface area (Å²) in [4.78, 5) is 11.5. The van der Waals surface area contributed by atoms with Gasteiger partial charge in [0.05, 0.1) is 6.54 Å². The summed E-state index contributed by atoms with van der Waals surface area (Å²) in [5.41, 5.74) is 0. The Morgan fingerprint density at radius 3 is 2.35 bits per heavy atom. The molecule has 0 saturated carbocycles. The summed E-state index contributed by atoms with van der Waals surface area (Å²) < 4.78 is 0. The van der Waals surface area contributed by atoms with E-state index in [0.29, 0.717) is 12.5 Å². The van der Waals surface area contributed by atoms with Gasteiger partial charge in [0.2, 0.25) is 5.91 Å². The van der Waals surface area contributed by atoms with Gasteiger partial charge in [-0.25, -0.2) is 0 Å². The number of rotatable bonds is 10. The van der Waals surface area contributed by atoms with Gasteiger partial charge in [-0.3, -0.25) is 4.79 Å². The molecule has 0 aliphatic rings. The standard InChI is InChI=1S/C13H28N2O2/c1-11(2)12(3)15-13(17)10-14-8-6-4-5-7-9-16/h11-12,14,16H,4-10H2,1-3H3,(H,15,17). The van der Waals surface area contributed by atoms with Crippen LogP contribution in [0.1, 0.15) is 46.5 Å². The highest BCUT2D eigenvalue weighted by Gasteiger charge is 2.09. The summed E-state index contributed by atoms with van der Waals surface area (Å²) in [6.45, 7) is 7.77. The molecule has 0 aromatic carbocycles. The quantitative estimate of drug-likeness (QED) is 0.507. The van der Waals surface area contributed by atoms with Crippen molar-refractivity contribution >= 4 is 5.91 Å². The minimum absolute atomic E-state index is 0.0709. The Morgan fingerprint density at radius 2 is 1.76 bits per heavy atom. The van der Waals surface area contributed by atoms with Gasteiger partial charge < -0.3 is 15.7 Å². The first kappa shape index (κ1) is 16.4. The van der Waals surface area contributed by atoms with Gasteiger partial charge in [-0.1, -0.05) is 26.7 Å². The van der Waals surface area contributed by atoms with Crippen LogP contribution in [0.4, 0.5) is 0 Å². The fraction of sp³-hybridized carbons (Fsp3) is 0.923. The molecule has 0 bridgehead atoms. The molecule has 0 aromatic rings. The van der Waals surface area contributed by atoms with Crippen LogP contribution in [0.15, 0.2) is 0 Å². The normalized spacial score (nSPS) is 12.8. The second-order valence-corrected chi connectivity index (χ2v) is 4.91. The largest absolute Gasteiger partial charge is 0.396 e. The van der Waals surface area contributed by atoms with Crippen molar-refractivity contribution in [2.24, 2.45) is 5.92 Å². The van der Waals surface area contributed by atoms with Gasteiger partial charge in [0.15, 0.2) is 0 Å². The summed E-state index contributed by atoms with van der Waals surface area (Å²) in [6, 6.07) is 0.230. The number of unbranched alkanes of at least 4 members (excludes halogenated alkanes) is 3. The molecule has 102 valence electrons. The minimum Gasteiger partial charge on any atom is -0.396 e. The van der Waals surface area contributed by atoms with Gasteiger partial charge in [0, 0.05) is 12.6 Å². The molecule has 0 aliphatic heterocycles. The first-order valence-corrected chi connectivity index (χ1v) is 6.69.